The van der Waals surface area contributed by atoms with Crippen LogP contribution in [0.3, 0.4) is 0 Å². The van der Waals surface area contributed by atoms with E-state index in [1.165, 1.54) is 12.1 Å². The van der Waals surface area contributed by atoms with Crippen molar-refractivity contribution in [3.8, 4) is 5.75 Å². The van der Waals surface area contributed by atoms with Crippen LogP contribution in [0.15, 0.2) is 54.7 Å². The lowest BCUT2D eigenvalue weighted by Gasteiger charge is -2.11. The molecule has 0 bridgehead atoms. The summed E-state index contributed by atoms with van der Waals surface area (Å²) in [6.45, 7) is 0. The Morgan fingerprint density at radius 2 is 1.83 bits per heavy atom. The molecule has 0 aliphatic heterocycles. The fourth-order valence-corrected chi connectivity index (χ4v) is 2.31. The summed E-state index contributed by atoms with van der Waals surface area (Å²) in [7, 11) is 0. The lowest BCUT2D eigenvalue weighted by atomic mass is 10.1. The second-order valence-electron chi connectivity index (χ2n) is 5.19. The number of hydrogen-bond acceptors (Lipinski definition) is 5. The van der Waals surface area contributed by atoms with E-state index >= 15 is 0 Å². The van der Waals surface area contributed by atoms with E-state index < -0.39 is 0 Å². The number of rotatable bonds is 3. The molecule has 0 atom stereocenters. The van der Waals surface area contributed by atoms with Crippen molar-refractivity contribution in [3.05, 3.63) is 71.7 Å². The van der Waals surface area contributed by atoms with E-state index in [1.54, 1.807) is 42.6 Å². The first-order valence-corrected chi connectivity index (χ1v) is 7.20. The van der Waals surface area contributed by atoms with E-state index in [1.807, 2.05) is 0 Å². The van der Waals surface area contributed by atoms with Gasteiger partial charge in [0.25, 0.3) is 0 Å². The van der Waals surface area contributed by atoms with E-state index in [0.29, 0.717) is 11.1 Å². The van der Waals surface area contributed by atoms with E-state index in [0.717, 1.165) is 5.39 Å². The molecule has 0 saturated carbocycles. The van der Waals surface area contributed by atoms with Crippen molar-refractivity contribution >= 4 is 22.7 Å². The van der Waals surface area contributed by atoms with Crippen molar-refractivity contribution in [1.29, 1.82) is 10.8 Å². The van der Waals surface area contributed by atoms with Crippen LogP contribution in [0.25, 0.3) is 10.9 Å². The van der Waals surface area contributed by atoms with E-state index in [2.05, 4.69) is 4.98 Å². The van der Waals surface area contributed by atoms with Crippen LogP contribution in [-0.4, -0.2) is 21.9 Å². The van der Waals surface area contributed by atoms with Gasteiger partial charge in [-0.1, -0.05) is 24.3 Å². The molecule has 3 N–H and O–H groups in total. The van der Waals surface area contributed by atoms with E-state index in [4.69, 9.17) is 15.6 Å². The molecule has 120 valence electrons. The number of aromatic nitrogens is 1. The highest BCUT2D eigenvalue weighted by Crippen LogP contribution is 2.27. The van der Waals surface area contributed by atoms with Crippen molar-refractivity contribution in [3.63, 3.8) is 0 Å². The van der Waals surface area contributed by atoms with Gasteiger partial charge in [0.1, 0.15) is 11.3 Å². The van der Waals surface area contributed by atoms with Gasteiger partial charge in [0.05, 0.1) is 5.56 Å². The van der Waals surface area contributed by atoms with Crippen LogP contribution in [0.4, 0.5) is 4.39 Å². The summed E-state index contributed by atoms with van der Waals surface area (Å²) in [6, 6.07) is 12.5. The number of benzene rings is 2. The third kappa shape index (κ3) is 3.22. The first-order chi connectivity index (χ1) is 11.5. The quantitative estimate of drug-likeness (QED) is 0.508. The molecule has 3 aromatic rings. The Morgan fingerprint density at radius 1 is 1.08 bits per heavy atom. The minimum absolute atomic E-state index is 0.120. The lowest BCUT2D eigenvalue weighted by Crippen LogP contribution is -2.14. The van der Waals surface area contributed by atoms with Crippen LogP contribution in [0.2, 0.25) is 0 Å². The fraction of sp³-hybridized carbons (Fsp3) is 0.0556. The monoisotopic (exact) mass is 323 g/mol. The SMILES string of the molecule is N=C(Cc1ccc(F)cc1)OC(=N)c1ccc2cccnc2c1O. The van der Waals surface area contributed by atoms with Crippen LogP contribution >= 0.6 is 0 Å². The highest BCUT2D eigenvalue weighted by molar-refractivity contribution is 6.05. The van der Waals surface area contributed by atoms with Gasteiger partial charge in [0, 0.05) is 18.0 Å². The number of halogens is 1. The Balaban J connectivity index is 1.76. The molecule has 2 aromatic carbocycles. The summed E-state index contributed by atoms with van der Waals surface area (Å²) in [5.41, 5.74) is 1.22. The van der Waals surface area contributed by atoms with Crippen molar-refractivity contribution < 1.29 is 14.2 Å². The molecule has 1 heterocycles. The average Bonchev–Trinajstić information content (AvgIpc) is 2.57. The van der Waals surface area contributed by atoms with Gasteiger partial charge in [-0.2, -0.15) is 0 Å². The molecule has 5 nitrogen and oxygen atoms in total. The first kappa shape index (κ1) is 15.6. The van der Waals surface area contributed by atoms with Gasteiger partial charge in [-0.15, -0.1) is 0 Å². The van der Waals surface area contributed by atoms with Gasteiger partial charge in [0.2, 0.25) is 5.90 Å². The van der Waals surface area contributed by atoms with Crippen molar-refractivity contribution in [2.24, 2.45) is 0 Å². The predicted octanol–water partition coefficient (Wildman–Crippen LogP) is 3.64. The van der Waals surface area contributed by atoms with Gasteiger partial charge < -0.3 is 9.84 Å². The van der Waals surface area contributed by atoms with Crippen LogP contribution in [0.1, 0.15) is 11.1 Å². The van der Waals surface area contributed by atoms with E-state index in [9.17, 15) is 9.50 Å². The molecule has 0 unspecified atom stereocenters. The number of ether oxygens (including phenoxy) is 1. The Bertz CT molecular complexity index is 923. The van der Waals surface area contributed by atoms with E-state index in [-0.39, 0.29) is 35.3 Å². The van der Waals surface area contributed by atoms with Gasteiger partial charge in [-0.25, -0.2) is 4.39 Å². The molecule has 0 spiro atoms. The maximum absolute atomic E-state index is 12.9. The third-order valence-corrected chi connectivity index (χ3v) is 3.50. The Kier molecular flexibility index (Phi) is 4.20. The zero-order valence-electron chi connectivity index (χ0n) is 12.6. The number of phenolic OH excluding ortho intramolecular Hbond substituents is 1. The summed E-state index contributed by atoms with van der Waals surface area (Å²) in [5, 5.41) is 26.8. The van der Waals surface area contributed by atoms with Crippen LogP contribution < -0.4 is 0 Å². The Labute approximate surface area is 137 Å². The number of pyridine rings is 1. The van der Waals surface area contributed by atoms with Crippen molar-refractivity contribution in [2.45, 2.75) is 6.42 Å². The first-order valence-electron chi connectivity index (χ1n) is 7.20. The lowest BCUT2D eigenvalue weighted by molar-refractivity contribution is 0.470. The Morgan fingerprint density at radius 3 is 2.58 bits per heavy atom. The standard InChI is InChI=1S/C18H14FN3O2/c19-13-6-3-11(4-7-13)10-15(20)24-18(21)14-8-5-12-2-1-9-22-16(12)17(14)23/h1-9,20-21,23H,10H2. The topological polar surface area (TPSA) is 90.0 Å². The van der Waals surface area contributed by atoms with Crippen molar-refractivity contribution in [2.75, 3.05) is 0 Å². The normalized spacial score (nSPS) is 10.5. The number of nitrogens with one attached hydrogen (secondary N) is 2. The molecular formula is C18H14FN3O2. The smallest absolute Gasteiger partial charge is 0.224 e. The molecule has 24 heavy (non-hydrogen) atoms. The van der Waals surface area contributed by atoms with Crippen LogP contribution in [0, 0.1) is 16.6 Å². The minimum atomic E-state index is -0.354. The summed E-state index contributed by atoms with van der Waals surface area (Å²) in [6.07, 6.45) is 1.67. The summed E-state index contributed by atoms with van der Waals surface area (Å²) >= 11 is 0. The predicted molar refractivity (Wildman–Crippen MR) is 89.2 cm³/mol. The second-order valence-corrected chi connectivity index (χ2v) is 5.19. The number of aromatic hydroxyl groups is 1. The molecule has 0 radical (unpaired) electrons. The Hall–Kier alpha value is -3.28. The minimum Gasteiger partial charge on any atom is -0.505 e. The molecule has 0 aliphatic carbocycles. The number of phenols is 1. The molecular weight excluding hydrogens is 309 g/mol. The number of hydrogen-bond donors (Lipinski definition) is 3. The zero-order valence-corrected chi connectivity index (χ0v) is 12.6. The van der Waals surface area contributed by atoms with Gasteiger partial charge in [0.15, 0.2) is 11.6 Å². The summed E-state index contributed by atoms with van der Waals surface area (Å²) < 4.78 is 18.1. The molecule has 1 aromatic heterocycles. The van der Waals surface area contributed by atoms with Crippen LogP contribution in [-0.2, 0) is 11.2 Å². The highest BCUT2D eigenvalue weighted by atomic mass is 19.1. The molecule has 6 heteroatoms. The van der Waals surface area contributed by atoms with Gasteiger partial charge >= 0.3 is 0 Å². The molecule has 0 fully saturated rings. The maximum atomic E-state index is 12.9. The zero-order chi connectivity index (χ0) is 17.1. The third-order valence-electron chi connectivity index (χ3n) is 3.50. The number of fused-ring (bicyclic) bond motifs is 1. The average molecular weight is 323 g/mol. The van der Waals surface area contributed by atoms with Gasteiger partial charge in [-0.3, -0.25) is 15.8 Å². The molecule has 3 rings (SSSR count). The van der Waals surface area contributed by atoms with Crippen LogP contribution in [0.5, 0.6) is 5.75 Å². The maximum Gasteiger partial charge on any atom is 0.224 e. The largest absolute Gasteiger partial charge is 0.505 e. The number of nitrogens with zero attached hydrogens (tertiary/aromatic N) is 1. The summed E-state index contributed by atoms with van der Waals surface area (Å²) in [5.74, 6) is -1.03. The highest BCUT2D eigenvalue weighted by Gasteiger charge is 2.15. The summed E-state index contributed by atoms with van der Waals surface area (Å²) in [4.78, 5) is 4.09. The van der Waals surface area contributed by atoms with Gasteiger partial charge in [-0.05, 0) is 29.8 Å². The fourth-order valence-electron chi connectivity index (χ4n) is 2.31. The van der Waals surface area contributed by atoms with Crippen molar-refractivity contribution in [1.82, 2.24) is 4.98 Å². The second kappa shape index (κ2) is 6.45. The molecule has 0 saturated heterocycles. The molecule has 0 amide bonds. The molecule has 0 aliphatic rings.